The van der Waals surface area contributed by atoms with Crippen molar-refractivity contribution in [2.24, 2.45) is 41.4 Å². The molecule has 34 nitrogen and oxygen atoms in total. The molecule has 710 valence electrons. The lowest BCUT2D eigenvalue weighted by molar-refractivity contribution is -0.0377. The van der Waals surface area contributed by atoms with Crippen LogP contribution in [0.2, 0.25) is 60.9 Å². The van der Waals surface area contributed by atoms with Gasteiger partial charge in [0.15, 0.2) is 10.3 Å². The molecule has 0 saturated heterocycles. The van der Waals surface area contributed by atoms with Crippen LogP contribution >= 0.6 is 161 Å². The number of terminal acetylenes is 1. The van der Waals surface area contributed by atoms with Gasteiger partial charge in [0, 0.05) is 60.9 Å². The van der Waals surface area contributed by atoms with Crippen molar-refractivity contribution in [2.45, 2.75) is 240 Å². The number of hydrogen-bond acceptors (Lipinski definition) is 34. The molecule has 0 bridgehead atoms. The van der Waals surface area contributed by atoms with Crippen LogP contribution in [0.3, 0.4) is 0 Å². The number of nitrogens with zero attached hydrogens (tertiary/aromatic N) is 12. The molecule has 0 aromatic carbocycles. The summed E-state index contributed by atoms with van der Waals surface area (Å²) in [6.45, 7) is 35.4. The molecule has 4 saturated carbocycles. The highest BCUT2D eigenvalue weighted by atomic mass is 127. The largest absolute Gasteiger partial charge is 0.509 e. The maximum atomic E-state index is 12.4. The summed E-state index contributed by atoms with van der Waals surface area (Å²) in [7, 11) is 8.61. The van der Waals surface area contributed by atoms with Gasteiger partial charge in [-0.05, 0) is 191 Å². The number of carbonyl (C=O) groups excluding carboxylic acids is 3. The van der Waals surface area contributed by atoms with Gasteiger partial charge in [-0.15, -0.1) is 12.0 Å². The first-order valence-corrected chi connectivity index (χ1v) is 51.0. The quantitative estimate of drug-likeness (QED) is 0.00795. The van der Waals surface area contributed by atoms with E-state index in [4.69, 9.17) is 133 Å². The third-order valence-corrected chi connectivity index (χ3v) is 27.5. The summed E-state index contributed by atoms with van der Waals surface area (Å²) in [6, 6.07) is 0.679. The number of ether oxygens (including phenoxy) is 6. The molecule has 10 rings (SSSR count). The molecule has 0 radical (unpaired) electrons. The fourth-order valence-electron chi connectivity index (χ4n) is 13.9. The van der Waals surface area contributed by atoms with Crippen LogP contribution in [-0.2, 0) is 28.4 Å². The first-order chi connectivity index (χ1) is 59.7. The Morgan fingerprint density at radius 1 is 0.430 bits per heavy atom. The van der Waals surface area contributed by atoms with E-state index in [1.54, 1.807) is 63.1 Å². The minimum atomic E-state index is -1.64. The van der Waals surface area contributed by atoms with Crippen LogP contribution in [0.15, 0.2) is 6.07 Å². The Morgan fingerprint density at radius 2 is 0.703 bits per heavy atom. The van der Waals surface area contributed by atoms with Crippen molar-refractivity contribution in [3.05, 3.63) is 69.1 Å². The Kier molecular flexibility index (Phi) is 45.3. The van der Waals surface area contributed by atoms with Crippen molar-refractivity contribution in [1.29, 1.82) is 0 Å². The molecule has 4 aliphatic rings. The predicted molar refractivity (Wildman–Crippen MR) is 539 cm³/mol. The smallest absolute Gasteiger partial charge is 0.429 e. The van der Waals surface area contributed by atoms with Crippen molar-refractivity contribution in [2.75, 3.05) is 102 Å². The minimum absolute atomic E-state index is 0.0818. The fraction of sp³-hybridized carbons (Fsp3) is 0.622. The normalized spacial score (nSPS) is 22.6. The van der Waals surface area contributed by atoms with E-state index < -0.39 is 61.6 Å². The van der Waals surface area contributed by atoms with Crippen LogP contribution in [0.4, 0.5) is 73.3 Å². The first kappa shape index (κ1) is 113. The number of rotatable bonds is 21. The Bertz CT molecular complexity index is 4760. The summed E-state index contributed by atoms with van der Waals surface area (Å²) in [5, 5.41) is 61.8. The monoisotopic (exact) mass is 2290 g/mol. The van der Waals surface area contributed by atoms with E-state index in [0.29, 0.717) is 137 Å². The van der Waals surface area contributed by atoms with Gasteiger partial charge in [0.1, 0.15) is 115 Å². The lowest BCUT2D eigenvalue weighted by atomic mass is 9.95. The SMILES string of the molecule is C#Cc1c(Cl)nc(NC)nc1N[C@@H]1C[C@H](CC)[C@@H](C)[C@H]1OC(=O)OC(C)(C)C.CC[C@H]1C[C@@H](Nc2nc(NC)nc(Cl)c2C#C[Si](C)(C)C)[C@H](OC(=O)OC(C)(C)C)[C@@H]1C.CC[C@H]1C[C@@H](Nc2nc(NC)nc(Cl)c2I)[C@H](OC(=O)OC(C)(C)C)[C@@H]1C.CNc1nc(Cl)c(I)c(Cl)n1.CNc1nc(Cl)c(I)c(N[C@@H]2C[C@H](CO)[C@@H](O)[C@H]2O)n1.CNc1nc(Cl)cc(Cl)n1. The molecule has 4 aliphatic carbocycles. The standard InChI is InChI=1S/C23H37ClN4O3Si.C20H29ClN4O3.C18H28ClIN4O3.C11H16ClIN4O3.C5H4Cl2IN3.C5H5Cl2N3/c1-10-15-13-17(18(14(15)2)30-22(29)31-23(3,4)5)26-20-16(11-12-32(7,8)9)19(24)27-21(25-6)28-20;1-8-12-10-14(15(11(12)3)27-19(26)28-20(4,5)6)23-17-13(9-2)16(21)24-18(22-7)25-17;1-7-10-8-11(13(9(10)2)26-17(25)27-18(3,4)5)22-15-12(20)14(19)23-16(21-6)24-15;1-14-11-16-9(12)6(13)10(17-11)15-5-2-4(3-18)7(19)8(5)20;1-9-5-10-3(6)2(8)4(7)11-5;1-8-5-9-3(6)2-4(7)10-5/h14-15,17-18H,10,13H2,1-9H3,(H2,25,26,27,28);2,11-12,14-15H,8,10H2,1,3-7H3,(H2,22,23,24,25);9-11,13H,7-8H2,1-6H3,(H2,21,22,23,24);4-5,7-8,18-20H,2-3H2,1H3,(H2,14,15,16,17);1H3,(H,9,10,11);2H,1H3,(H,8,9,10)/t14-,15+,17-,18-;11-,12+,14-,15-;9-,10+,11-,13-;4-,5-,7-,8+;;/m1111../s1. The second kappa shape index (κ2) is 51.5. The molecule has 46 heteroatoms. The average molecular weight is 2300 g/mol. The van der Waals surface area contributed by atoms with E-state index in [-0.39, 0.29) is 71.9 Å². The molecule has 128 heavy (non-hydrogen) atoms. The third kappa shape index (κ3) is 34.8. The summed E-state index contributed by atoms with van der Waals surface area (Å²) in [6.07, 6.45) is 6.60. The molecule has 0 spiro atoms. The van der Waals surface area contributed by atoms with Gasteiger partial charge in [0.05, 0.1) is 41.0 Å². The number of aromatic nitrogens is 12. The van der Waals surface area contributed by atoms with E-state index in [1.165, 1.54) is 6.07 Å². The summed E-state index contributed by atoms with van der Waals surface area (Å²) in [4.78, 5) is 86.7. The zero-order valence-corrected chi connectivity index (χ0v) is 89.6. The van der Waals surface area contributed by atoms with Crippen LogP contribution in [0.25, 0.3) is 0 Å². The molecule has 6 aromatic rings. The van der Waals surface area contributed by atoms with Gasteiger partial charge in [0.2, 0.25) is 35.7 Å². The summed E-state index contributed by atoms with van der Waals surface area (Å²) >= 11 is 53.6. The van der Waals surface area contributed by atoms with Gasteiger partial charge in [-0.1, -0.05) is 185 Å². The number of anilines is 10. The number of carbonyl (C=O) groups is 3. The van der Waals surface area contributed by atoms with Crippen LogP contribution in [0.5, 0.6) is 0 Å². The Labute approximate surface area is 832 Å². The summed E-state index contributed by atoms with van der Waals surface area (Å²) in [5.41, 5.74) is 2.45. The first-order valence-electron chi connectivity index (χ1n) is 41.2. The van der Waals surface area contributed by atoms with Crippen molar-refractivity contribution >= 4 is 246 Å². The van der Waals surface area contributed by atoms with Gasteiger partial charge in [-0.25, -0.2) is 24.4 Å². The lowest BCUT2D eigenvalue weighted by Gasteiger charge is -2.27. The molecule has 6 heterocycles. The van der Waals surface area contributed by atoms with E-state index in [2.05, 4.69) is 214 Å². The van der Waals surface area contributed by atoms with E-state index in [0.717, 1.165) is 42.1 Å². The topological polar surface area (TPSA) is 442 Å². The third-order valence-electron chi connectivity index (χ3n) is 20.2. The second-order valence-corrected chi connectivity index (χ2v) is 45.1. The van der Waals surface area contributed by atoms with Gasteiger partial charge < -0.3 is 96.9 Å². The number of hydrogen-bond donors (Lipinski definition) is 13. The molecule has 0 unspecified atom stereocenters. The molecule has 13 N–H and O–H groups in total. The summed E-state index contributed by atoms with van der Waals surface area (Å²) < 4.78 is 35.4. The molecule has 0 aliphatic heterocycles. The van der Waals surface area contributed by atoms with Crippen molar-refractivity contribution in [3.8, 4) is 23.8 Å². The van der Waals surface area contributed by atoms with Crippen LogP contribution < -0.4 is 53.2 Å². The number of aliphatic hydroxyl groups excluding tert-OH is 3. The van der Waals surface area contributed by atoms with E-state index >= 15 is 0 Å². The van der Waals surface area contributed by atoms with Gasteiger partial charge in [-0.2, -0.15) is 49.8 Å². The van der Waals surface area contributed by atoms with E-state index in [1.807, 2.05) is 86.7 Å². The second-order valence-electron chi connectivity index (χ2n) is 34.1. The van der Waals surface area contributed by atoms with Crippen molar-refractivity contribution in [1.82, 2.24) is 59.8 Å². The minimum Gasteiger partial charge on any atom is -0.429 e. The Balaban J connectivity index is 0.000000283. The molecule has 4 fully saturated rings. The molecule has 0 amide bonds. The highest BCUT2D eigenvalue weighted by Crippen LogP contribution is 2.43. The maximum absolute atomic E-state index is 12.4. The maximum Gasteiger partial charge on any atom is 0.509 e. The molecule has 16 atom stereocenters. The highest BCUT2D eigenvalue weighted by molar-refractivity contribution is 14.1. The molecule has 6 aromatic heterocycles. The van der Waals surface area contributed by atoms with E-state index in [9.17, 15) is 24.6 Å². The number of nitrogens with one attached hydrogen (secondary N) is 10. The van der Waals surface area contributed by atoms with Crippen LogP contribution in [-0.4, -0.2) is 222 Å². The fourth-order valence-corrected chi connectivity index (χ4v) is 17.0. The average Bonchev–Trinajstić information content (AvgIpc) is 1.66. The zero-order chi connectivity index (χ0) is 96.5. The zero-order valence-electron chi connectivity index (χ0n) is 76.1. The van der Waals surface area contributed by atoms with Gasteiger partial charge >= 0.3 is 18.5 Å². The van der Waals surface area contributed by atoms with Crippen LogP contribution in [0.1, 0.15) is 160 Å². The Hall–Kier alpha value is -5.98. The lowest BCUT2D eigenvalue weighted by Crippen LogP contribution is -2.38. The Morgan fingerprint density at radius 3 is 1.00 bits per heavy atom. The number of aliphatic hydroxyl groups is 3. The van der Waals surface area contributed by atoms with Crippen LogP contribution in [0, 0.1) is 75.9 Å². The predicted octanol–water partition coefficient (Wildman–Crippen LogP) is 19.4. The van der Waals surface area contributed by atoms with Crippen molar-refractivity contribution < 1.29 is 58.1 Å². The summed E-state index contributed by atoms with van der Waals surface area (Å²) in [5.74, 6) is 11.7. The molecular weight excluding hydrogens is 2180 g/mol. The van der Waals surface area contributed by atoms with Gasteiger partial charge in [-0.3, -0.25) is 0 Å². The highest BCUT2D eigenvalue weighted by Gasteiger charge is 2.48. The van der Waals surface area contributed by atoms with Gasteiger partial charge in [0.25, 0.3) is 0 Å². The molecular formula is C82H119Cl8I3N22O12Si. The van der Waals surface area contributed by atoms with Crippen molar-refractivity contribution in [3.63, 3.8) is 0 Å². The number of halogens is 11.